The van der Waals surface area contributed by atoms with Gasteiger partial charge in [-0.05, 0) is 30.9 Å². The van der Waals surface area contributed by atoms with Crippen LogP contribution in [0.4, 0.5) is 0 Å². The smallest absolute Gasteiger partial charge is 0.226 e. The van der Waals surface area contributed by atoms with E-state index in [-0.39, 0.29) is 11.5 Å². The molecule has 3 heteroatoms. The lowest BCUT2D eigenvalue weighted by molar-refractivity contribution is 0.0687. The number of aliphatic hydroxyl groups is 1. The van der Waals surface area contributed by atoms with E-state index < -0.39 is 6.10 Å². The minimum Gasteiger partial charge on any atom is -0.461 e. The van der Waals surface area contributed by atoms with Crippen molar-refractivity contribution < 1.29 is 14.3 Å². The van der Waals surface area contributed by atoms with Gasteiger partial charge in [-0.3, -0.25) is 4.79 Å². The fourth-order valence-electron chi connectivity index (χ4n) is 2.41. The number of furan rings is 1. The van der Waals surface area contributed by atoms with Crippen molar-refractivity contribution in [3.05, 3.63) is 24.2 Å². The van der Waals surface area contributed by atoms with Gasteiger partial charge in [0.2, 0.25) is 5.78 Å². The summed E-state index contributed by atoms with van der Waals surface area (Å²) in [5.41, 5.74) is 0. The number of rotatable bonds is 5. The maximum absolute atomic E-state index is 11.7. The number of carbonyl (C=O) groups excluding carboxylic acids is 1. The Morgan fingerprint density at radius 3 is 2.88 bits per heavy atom. The van der Waals surface area contributed by atoms with E-state index in [1.165, 1.54) is 31.9 Å². The SMILES string of the molecule is O=C(c1ccco1)C(O)CCC1CCCC1. The predicted octanol–water partition coefficient (Wildman–Crippen LogP) is 2.79. The highest BCUT2D eigenvalue weighted by molar-refractivity contribution is 5.96. The molecule has 0 amide bonds. The van der Waals surface area contributed by atoms with Crippen molar-refractivity contribution in [2.45, 2.75) is 44.6 Å². The van der Waals surface area contributed by atoms with Gasteiger partial charge in [-0.2, -0.15) is 0 Å². The zero-order valence-electron chi connectivity index (χ0n) is 9.39. The third-order valence-corrected chi connectivity index (χ3v) is 3.39. The van der Waals surface area contributed by atoms with E-state index in [4.69, 9.17) is 4.42 Å². The van der Waals surface area contributed by atoms with Crippen LogP contribution in [0, 0.1) is 5.92 Å². The Kier molecular flexibility index (Phi) is 3.78. The molecule has 2 rings (SSSR count). The third kappa shape index (κ3) is 2.73. The van der Waals surface area contributed by atoms with Crippen molar-refractivity contribution in [2.75, 3.05) is 0 Å². The van der Waals surface area contributed by atoms with Gasteiger partial charge in [-0.25, -0.2) is 0 Å². The lowest BCUT2D eigenvalue weighted by Crippen LogP contribution is -2.20. The topological polar surface area (TPSA) is 50.4 Å². The molecule has 1 fully saturated rings. The maximum Gasteiger partial charge on any atom is 0.226 e. The summed E-state index contributed by atoms with van der Waals surface area (Å²) in [5, 5.41) is 9.74. The molecule has 3 nitrogen and oxygen atoms in total. The predicted molar refractivity (Wildman–Crippen MR) is 60.2 cm³/mol. The summed E-state index contributed by atoms with van der Waals surface area (Å²) < 4.78 is 4.98. The van der Waals surface area contributed by atoms with Crippen molar-refractivity contribution >= 4 is 5.78 Å². The first-order valence-corrected chi connectivity index (χ1v) is 6.03. The fourth-order valence-corrected chi connectivity index (χ4v) is 2.41. The van der Waals surface area contributed by atoms with Crippen LogP contribution in [0.25, 0.3) is 0 Å². The average molecular weight is 222 g/mol. The second-order valence-corrected chi connectivity index (χ2v) is 4.59. The van der Waals surface area contributed by atoms with E-state index in [9.17, 15) is 9.90 Å². The summed E-state index contributed by atoms with van der Waals surface area (Å²) in [7, 11) is 0. The molecule has 0 aromatic carbocycles. The normalized spacial score (nSPS) is 18.8. The summed E-state index contributed by atoms with van der Waals surface area (Å²) in [4.78, 5) is 11.7. The highest BCUT2D eigenvalue weighted by Crippen LogP contribution is 2.29. The molecule has 0 bridgehead atoms. The van der Waals surface area contributed by atoms with E-state index >= 15 is 0 Å². The number of hydrogen-bond acceptors (Lipinski definition) is 3. The van der Waals surface area contributed by atoms with Crippen LogP contribution in [0.5, 0.6) is 0 Å². The number of carbonyl (C=O) groups is 1. The average Bonchev–Trinajstić information content (AvgIpc) is 2.96. The molecule has 1 saturated carbocycles. The molecular weight excluding hydrogens is 204 g/mol. The first kappa shape index (κ1) is 11.4. The second kappa shape index (κ2) is 5.30. The van der Waals surface area contributed by atoms with Gasteiger partial charge < -0.3 is 9.52 Å². The highest BCUT2D eigenvalue weighted by Gasteiger charge is 2.22. The second-order valence-electron chi connectivity index (χ2n) is 4.59. The van der Waals surface area contributed by atoms with Crippen LogP contribution < -0.4 is 0 Å². The number of hydrogen-bond donors (Lipinski definition) is 1. The van der Waals surface area contributed by atoms with E-state index in [0.717, 1.165) is 6.42 Å². The zero-order chi connectivity index (χ0) is 11.4. The first-order valence-electron chi connectivity index (χ1n) is 6.03. The number of ketones is 1. The van der Waals surface area contributed by atoms with E-state index in [0.29, 0.717) is 12.3 Å². The largest absolute Gasteiger partial charge is 0.461 e. The molecule has 1 atom stereocenters. The maximum atomic E-state index is 11.7. The lowest BCUT2D eigenvalue weighted by atomic mass is 9.97. The Labute approximate surface area is 95.5 Å². The van der Waals surface area contributed by atoms with E-state index in [2.05, 4.69) is 0 Å². The van der Waals surface area contributed by atoms with Gasteiger partial charge in [-0.15, -0.1) is 0 Å². The van der Waals surface area contributed by atoms with Gasteiger partial charge >= 0.3 is 0 Å². The Bertz CT molecular complexity index is 323. The minimum atomic E-state index is -0.897. The van der Waals surface area contributed by atoms with Crippen molar-refractivity contribution in [1.82, 2.24) is 0 Å². The van der Waals surface area contributed by atoms with Crippen molar-refractivity contribution in [3.63, 3.8) is 0 Å². The molecule has 1 aliphatic rings. The molecule has 1 heterocycles. The molecule has 88 valence electrons. The molecule has 1 N–H and O–H groups in total. The summed E-state index contributed by atoms with van der Waals surface area (Å²) in [6.45, 7) is 0. The minimum absolute atomic E-state index is 0.263. The molecule has 16 heavy (non-hydrogen) atoms. The van der Waals surface area contributed by atoms with Crippen LogP contribution in [-0.4, -0.2) is 17.0 Å². The van der Waals surface area contributed by atoms with E-state index in [1.807, 2.05) is 0 Å². The molecule has 1 aliphatic carbocycles. The van der Waals surface area contributed by atoms with Gasteiger partial charge in [0.25, 0.3) is 0 Å². The Morgan fingerprint density at radius 2 is 2.25 bits per heavy atom. The first-order chi connectivity index (χ1) is 7.77. The number of Topliss-reactive ketones (excluding diaryl/α,β-unsaturated/α-hetero) is 1. The zero-order valence-corrected chi connectivity index (χ0v) is 9.39. The molecule has 0 spiro atoms. The van der Waals surface area contributed by atoms with Crippen molar-refractivity contribution in [1.29, 1.82) is 0 Å². The van der Waals surface area contributed by atoms with Gasteiger partial charge in [0.05, 0.1) is 6.26 Å². The highest BCUT2D eigenvalue weighted by atomic mass is 16.3. The molecule has 0 radical (unpaired) electrons. The van der Waals surface area contributed by atoms with Crippen molar-refractivity contribution in [3.8, 4) is 0 Å². The Morgan fingerprint density at radius 1 is 1.50 bits per heavy atom. The Balaban J connectivity index is 1.78. The third-order valence-electron chi connectivity index (χ3n) is 3.39. The van der Waals surface area contributed by atoms with Crippen LogP contribution in [0.15, 0.2) is 22.8 Å². The van der Waals surface area contributed by atoms with Crippen LogP contribution in [-0.2, 0) is 0 Å². The standard InChI is InChI=1S/C13H18O3/c14-11(8-7-10-4-1-2-5-10)13(15)12-6-3-9-16-12/h3,6,9-11,14H,1-2,4-5,7-8H2. The molecule has 1 aromatic rings. The van der Waals surface area contributed by atoms with E-state index in [1.54, 1.807) is 12.1 Å². The monoisotopic (exact) mass is 222 g/mol. The van der Waals surface area contributed by atoms with Gasteiger partial charge in [-0.1, -0.05) is 25.7 Å². The molecule has 1 aromatic heterocycles. The molecule has 0 saturated heterocycles. The number of aliphatic hydroxyl groups excluding tert-OH is 1. The van der Waals surface area contributed by atoms with Gasteiger partial charge in [0.15, 0.2) is 5.76 Å². The van der Waals surface area contributed by atoms with Gasteiger partial charge in [0.1, 0.15) is 6.10 Å². The summed E-state index contributed by atoms with van der Waals surface area (Å²) in [6, 6.07) is 3.26. The van der Waals surface area contributed by atoms with Crippen LogP contribution in [0.3, 0.4) is 0 Å². The van der Waals surface area contributed by atoms with Crippen LogP contribution in [0.2, 0.25) is 0 Å². The van der Waals surface area contributed by atoms with Gasteiger partial charge in [0, 0.05) is 0 Å². The Hall–Kier alpha value is -1.09. The molecular formula is C13H18O3. The van der Waals surface area contributed by atoms with Crippen LogP contribution >= 0.6 is 0 Å². The molecule has 1 unspecified atom stereocenters. The lowest BCUT2D eigenvalue weighted by Gasteiger charge is -2.11. The quantitative estimate of drug-likeness (QED) is 0.779. The fraction of sp³-hybridized carbons (Fsp3) is 0.615. The summed E-state index contributed by atoms with van der Waals surface area (Å²) in [5.74, 6) is 0.681. The van der Waals surface area contributed by atoms with Crippen molar-refractivity contribution in [2.24, 2.45) is 5.92 Å². The van der Waals surface area contributed by atoms with Crippen LogP contribution in [0.1, 0.15) is 49.1 Å². The summed E-state index contributed by atoms with van der Waals surface area (Å²) >= 11 is 0. The summed E-state index contributed by atoms with van der Waals surface area (Å²) in [6.07, 6.45) is 7.17. The molecule has 0 aliphatic heterocycles.